The Morgan fingerprint density at radius 1 is 1.35 bits per heavy atom. The maximum Gasteiger partial charge on any atom is 0.146 e. The van der Waals surface area contributed by atoms with Crippen LogP contribution < -0.4 is 11.1 Å². The van der Waals surface area contributed by atoms with E-state index >= 15 is 0 Å². The van der Waals surface area contributed by atoms with Crippen molar-refractivity contribution in [2.45, 2.75) is 6.54 Å². The van der Waals surface area contributed by atoms with Crippen LogP contribution in [0.2, 0.25) is 0 Å². The third kappa shape index (κ3) is 2.91. The van der Waals surface area contributed by atoms with Gasteiger partial charge in [-0.05, 0) is 33.6 Å². The average molecular weight is 297 g/mol. The van der Waals surface area contributed by atoms with Crippen LogP contribution in [-0.2, 0) is 6.54 Å². The predicted molar refractivity (Wildman–Crippen MR) is 67.9 cm³/mol. The molecular weight excluding hydrogens is 287 g/mol. The Hall–Kier alpha value is -1.69. The number of halogens is 2. The molecule has 0 aliphatic carbocycles. The molecule has 6 heteroatoms. The van der Waals surface area contributed by atoms with Gasteiger partial charge in [0.15, 0.2) is 0 Å². The van der Waals surface area contributed by atoms with Gasteiger partial charge in [0.2, 0.25) is 0 Å². The minimum Gasteiger partial charge on any atom is -0.383 e. The van der Waals surface area contributed by atoms with Gasteiger partial charge in [-0.1, -0.05) is 12.1 Å². The zero-order valence-electron chi connectivity index (χ0n) is 8.82. The van der Waals surface area contributed by atoms with E-state index in [2.05, 4.69) is 31.2 Å². The molecule has 1 aromatic heterocycles. The molecule has 0 fully saturated rings. The summed E-state index contributed by atoms with van der Waals surface area (Å²) in [4.78, 5) is 7.86. The third-order valence-electron chi connectivity index (χ3n) is 2.17. The highest BCUT2D eigenvalue weighted by Gasteiger charge is 2.05. The number of nitrogens with one attached hydrogen (secondary N) is 1. The monoisotopic (exact) mass is 296 g/mol. The molecule has 0 saturated heterocycles. The summed E-state index contributed by atoms with van der Waals surface area (Å²) in [7, 11) is 0. The molecule has 0 aliphatic heterocycles. The highest BCUT2D eigenvalue weighted by molar-refractivity contribution is 9.10. The zero-order valence-corrected chi connectivity index (χ0v) is 10.4. The maximum atomic E-state index is 13.0. The van der Waals surface area contributed by atoms with Gasteiger partial charge in [0.05, 0.1) is 0 Å². The highest BCUT2D eigenvalue weighted by atomic mass is 79.9. The molecule has 0 unspecified atom stereocenters. The molecule has 0 atom stereocenters. The second kappa shape index (κ2) is 5.09. The minimum atomic E-state index is -0.259. The number of aromatic nitrogens is 2. The molecule has 4 nitrogen and oxygen atoms in total. The van der Waals surface area contributed by atoms with Crippen molar-refractivity contribution in [3.05, 3.63) is 46.4 Å². The van der Waals surface area contributed by atoms with E-state index in [4.69, 9.17) is 5.73 Å². The quantitative estimate of drug-likeness (QED) is 0.914. The zero-order chi connectivity index (χ0) is 12.3. The number of nitrogens with two attached hydrogens (primary N) is 1. The number of hydrogen-bond donors (Lipinski definition) is 2. The SMILES string of the molecule is Nc1ncnc(NCc2cccc(F)c2)c1Br. The number of nitrogen functional groups attached to an aromatic ring is 1. The third-order valence-corrected chi connectivity index (χ3v) is 2.95. The summed E-state index contributed by atoms with van der Waals surface area (Å²) in [5.41, 5.74) is 6.44. The van der Waals surface area contributed by atoms with Crippen LogP contribution in [0.4, 0.5) is 16.0 Å². The van der Waals surface area contributed by atoms with E-state index in [0.29, 0.717) is 22.7 Å². The number of hydrogen-bond acceptors (Lipinski definition) is 4. The van der Waals surface area contributed by atoms with Crippen LogP contribution in [0.1, 0.15) is 5.56 Å². The summed E-state index contributed by atoms with van der Waals surface area (Å²) < 4.78 is 13.6. The van der Waals surface area contributed by atoms with E-state index in [9.17, 15) is 4.39 Å². The van der Waals surface area contributed by atoms with Gasteiger partial charge < -0.3 is 11.1 Å². The number of anilines is 2. The normalized spacial score (nSPS) is 10.2. The molecule has 2 rings (SSSR count). The van der Waals surface area contributed by atoms with Gasteiger partial charge in [-0.25, -0.2) is 14.4 Å². The molecule has 0 saturated carbocycles. The van der Waals surface area contributed by atoms with E-state index in [0.717, 1.165) is 5.56 Å². The van der Waals surface area contributed by atoms with E-state index in [-0.39, 0.29) is 5.82 Å². The predicted octanol–water partition coefficient (Wildman–Crippen LogP) is 2.57. The second-order valence-electron chi connectivity index (χ2n) is 3.40. The van der Waals surface area contributed by atoms with Crippen LogP contribution in [-0.4, -0.2) is 9.97 Å². The van der Waals surface area contributed by atoms with Gasteiger partial charge in [-0.2, -0.15) is 0 Å². The van der Waals surface area contributed by atoms with E-state index in [1.165, 1.54) is 18.5 Å². The molecule has 2 aromatic rings. The number of nitrogens with zero attached hydrogens (tertiary/aromatic N) is 2. The summed E-state index contributed by atoms with van der Waals surface area (Å²) in [6.07, 6.45) is 1.37. The van der Waals surface area contributed by atoms with Gasteiger partial charge in [-0.15, -0.1) is 0 Å². The first-order valence-electron chi connectivity index (χ1n) is 4.91. The van der Waals surface area contributed by atoms with Crippen LogP contribution in [0.3, 0.4) is 0 Å². The summed E-state index contributed by atoms with van der Waals surface area (Å²) in [6, 6.07) is 6.36. The van der Waals surface area contributed by atoms with Crippen molar-refractivity contribution in [2.75, 3.05) is 11.1 Å². The van der Waals surface area contributed by atoms with Crippen LogP contribution in [0.25, 0.3) is 0 Å². The highest BCUT2D eigenvalue weighted by Crippen LogP contribution is 2.24. The lowest BCUT2D eigenvalue weighted by Crippen LogP contribution is -2.04. The Morgan fingerprint density at radius 3 is 2.94 bits per heavy atom. The maximum absolute atomic E-state index is 13.0. The molecule has 0 bridgehead atoms. The van der Waals surface area contributed by atoms with Crippen molar-refractivity contribution in [3.63, 3.8) is 0 Å². The Kier molecular flexibility index (Phi) is 3.53. The molecule has 0 spiro atoms. The number of benzene rings is 1. The Bertz CT molecular complexity index is 533. The largest absolute Gasteiger partial charge is 0.383 e. The Labute approximate surface area is 106 Å². The first-order chi connectivity index (χ1) is 8.16. The van der Waals surface area contributed by atoms with Crippen molar-refractivity contribution >= 4 is 27.6 Å². The molecule has 17 heavy (non-hydrogen) atoms. The lowest BCUT2D eigenvalue weighted by molar-refractivity contribution is 0.626. The van der Waals surface area contributed by atoms with Gasteiger partial charge >= 0.3 is 0 Å². The molecular formula is C11H10BrFN4. The van der Waals surface area contributed by atoms with Crippen molar-refractivity contribution in [3.8, 4) is 0 Å². The molecule has 1 heterocycles. The van der Waals surface area contributed by atoms with E-state index in [1.807, 2.05) is 6.07 Å². The summed E-state index contributed by atoms with van der Waals surface area (Å²) in [6.45, 7) is 0.465. The van der Waals surface area contributed by atoms with Crippen LogP contribution >= 0.6 is 15.9 Å². The Morgan fingerprint density at radius 2 is 2.18 bits per heavy atom. The van der Waals surface area contributed by atoms with E-state index in [1.54, 1.807) is 6.07 Å². The van der Waals surface area contributed by atoms with Crippen molar-refractivity contribution in [1.29, 1.82) is 0 Å². The minimum absolute atomic E-state index is 0.259. The van der Waals surface area contributed by atoms with Crippen molar-refractivity contribution in [1.82, 2.24) is 9.97 Å². The van der Waals surface area contributed by atoms with Crippen molar-refractivity contribution < 1.29 is 4.39 Å². The summed E-state index contributed by atoms with van der Waals surface area (Å²) in [5, 5.41) is 3.05. The van der Waals surface area contributed by atoms with Crippen LogP contribution in [0, 0.1) is 5.82 Å². The topological polar surface area (TPSA) is 63.8 Å². The lowest BCUT2D eigenvalue weighted by Gasteiger charge is -2.08. The smallest absolute Gasteiger partial charge is 0.146 e. The Balaban J connectivity index is 2.10. The molecule has 0 amide bonds. The molecule has 0 aliphatic rings. The van der Waals surface area contributed by atoms with E-state index < -0.39 is 0 Å². The fourth-order valence-corrected chi connectivity index (χ4v) is 1.68. The fourth-order valence-electron chi connectivity index (χ4n) is 1.34. The number of rotatable bonds is 3. The van der Waals surface area contributed by atoms with Crippen LogP contribution in [0.5, 0.6) is 0 Å². The molecule has 88 valence electrons. The average Bonchev–Trinajstić information content (AvgIpc) is 2.31. The van der Waals surface area contributed by atoms with Gasteiger partial charge in [0, 0.05) is 6.54 Å². The van der Waals surface area contributed by atoms with Gasteiger partial charge in [0.1, 0.15) is 28.3 Å². The van der Waals surface area contributed by atoms with Gasteiger partial charge in [-0.3, -0.25) is 0 Å². The molecule has 3 N–H and O–H groups in total. The first kappa shape index (κ1) is 11.8. The molecule has 0 radical (unpaired) electrons. The fraction of sp³-hybridized carbons (Fsp3) is 0.0909. The molecule has 1 aromatic carbocycles. The lowest BCUT2D eigenvalue weighted by atomic mass is 10.2. The summed E-state index contributed by atoms with van der Waals surface area (Å²) in [5.74, 6) is 0.689. The van der Waals surface area contributed by atoms with Gasteiger partial charge in [0.25, 0.3) is 0 Å². The first-order valence-corrected chi connectivity index (χ1v) is 5.70. The standard InChI is InChI=1S/C11H10BrFN4/c12-9-10(14)16-6-17-11(9)15-5-7-2-1-3-8(13)4-7/h1-4,6H,5H2,(H3,14,15,16,17). The van der Waals surface area contributed by atoms with Crippen LogP contribution in [0.15, 0.2) is 35.1 Å². The second-order valence-corrected chi connectivity index (χ2v) is 4.20. The van der Waals surface area contributed by atoms with Crippen molar-refractivity contribution in [2.24, 2.45) is 0 Å². The summed E-state index contributed by atoms with van der Waals surface area (Å²) >= 11 is 3.28.